The molecule has 7 heteroatoms. The minimum Gasteiger partial charge on any atom is -0.343 e. The van der Waals surface area contributed by atoms with Crippen LogP contribution in [0.25, 0.3) is 0 Å². The van der Waals surface area contributed by atoms with Gasteiger partial charge >= 0.3 is 0 Å². The van der Waals surface area contributed by atoms with Crippen molar-refractivity contribution in [2.75, 3.05) is 25.0 Å². The average Bonchev–Trinajstić information content (AvgIpc) is 2.78. The Balaban J connectivity index is 1.68. The van der Waals surface area contributed by atoms with Crippen molar-refractivity contribution in [3.8, 4) is 0 Å². The van der Waals surface area contributed by atoms with E-state index in [9.17, 15) is 14.4 Å². The largest absolute Gasteiger partial charge is 0.343 e. The SMILES string of the molecule is CCC1CC(C)CN(C(=O)c2cc(Br)ccc2NC(=O)CNC(=O)c2ccccc2)C1. The summed E-state index contributed by atoms with van der Waals surface area (Å²) >= 11 is 3.43. The Morgan fingerprint density at radius 2 is 1.84 bits per heavy atom. The molecular formula is C24H28BrN3O3. The standard InChI is InChI=1S/C24H28BrN3O3/c1-3-17-11-16(2)14-28(15-17)24(31)20-12-19(25)9-10-21(20)27-22(29)13-26-23(30)18-7-5-4-6-8-18/h4-10,12,16-17H,3,11,13-15H2,1-2H3,(H,26,30)(H,27,29). The first-order valence-electron chi connectivity index (χ1n) is 10.6. The number of rotatable bonds is 6. The molecule has 0 saturated carbocycles. The number of carbonyl (C=O) groups is 3. The Labute approximate surface area is 191 Å². The molecule has 2 unspecified atom stereocenters. The molecule has 0 aromatic heterocycles. The normalized spacial score (nSPS) is 18.4. The Bertz CT molecular complexity index is 948. The predicted molar refractivity (Wildman–Crippen MR) is 125 cm³/mol. The van der Waals surface area contributed by atoms with Crippen molar-refractivity contribution in [2.45, 2.75) is 26.7 Å². The highest BCUT2D eigenvalue weighted by molar-refractivity contribution is 9.10. The van der Waals surface area contributed by atoms with Crippen molar-refractivity contribution < 1.29 is 14.4 Å². The topological polar surface area (TPSA) is 78.5 Å². The van der Waals surface area contributed by atoms with E-state index in [1.807, 2.05) is 11.0 Å². The molecule has 3 rings (SSSR count). The average molecular weight is 486 g/mol. The molecule has 3 amide bonds. The summed E-state index contributed by atoms with van der Waals surface area (Å²) in [5.74, 6) is 0.136. The predicted octanol–water partition coefficient (Wildman–Crippen LogP) is 4.33. The van der Waals surface area contributed by atoms with Crippen molar-refractivity contribution in [3.63, 3.8) is 0 Å². The molecule has 2 atom stereocenters. The molecule has 6 nitrogen and oxygen atoms in total. The van der Waals surface area contributed by atoms with Gasteiger partial charge in [0.2, 0.25) is 5.91 Å². The second-order valence-corrected chi connectivity index (χ2v) is 9.03. The van der Waals surface area contributed by atoms with Gasteiger partial charge in [-0.1, -0.05) is 54.4 Å². The van der Waals surface area contributed by atoms with E-state index in [0.717, 1.165) is 23.9 Å². The van der Waals surface area contributed by atoms with Gasteiger partial charge in [0.1, 0.15) is 0 Å². The van der Waals surface area contributed by atoms with E-state index in [2.05, 4.69) is 40.4 Å². The summed E-state index contributed by atoms with van der Waals surface area (Å²) in [4.78, 5) is 39.8. The second-order valence-electron chi connectivity index (χ2n) is 8.11. The number of amides is 3. The van der Waals surface area contributed by atoms with Crippen molar-refractivity contribution in [2.24, 2.45) is 11.8 Å². The van der Waals surface area contributed by atoms with Gasteiger partial charge in [0.15, 0.2) is 0 Å². The van der Waals surface area contributed by atoms with Crippen LogP contribution in [-0.4, -0.2) is 42.3 Å². The smallest absolute Gasteiger partial charge is 0.256 e. The highest BCUT2D eigenvalue weighted by Crippen LogP contribution is 2.28. The maximum Gasteiger partial charge on any atom is 0.256 e. The van der Waals surface area contributed by atoms with Crippen LogP contribution < -0.4 is 10.6 Å². The quantitative estimate of drug-likeness (QED) is 0.638. The van der Waals surface area contributed by atoms with Crippen molar-refractivity contribution >= 4 is 39.3 Å². The van der Waals surface area contributed by atoms with E-state index < -0.39 is 0 Å². The van der Waals surface area contributed by atoms with Crippen LogP contribution in [-0.2, 0) is 4.79 Å². The van der Waals surface area contributed by atoms with E-state index in [0.29, 0.717) is 35.2 Å². The molecule has 2 aromatic rings. The molecule has 164 valence electrons. The molecule has 1 aliphatic heterocycles. The first-order valence-corrected chi connectivity index (χ1v) is 11.4. The van der Waals surface area contributed by atoms with Crippen molar-refractivity contribution in [1.29, 1.82) is 0 Å². The van der Waals surface area contributed by atoms with Gasteiger partial charge in [-0.25, -0.2) is 0 Å². The zero-order valence-corrected chi connectivity index (χ0v) is 19.4. The molecule has 31 heavy (non-hydrogen) atoms. The lowest BCUT2D eigenvalue weighted by molar-refractivity contribution is -0.115. The van der Waals surface area contributed by atoms with E-state index in [1.165, 1.54) is 0 Å². The van der Waals surface area contributed by atoms with Crippen LogP contribution in [0.3, 0.4) is 0 Å². The lowest BCUT2D eigenvalue weighted by atomic mass is 9.88. The number of carbonyl (C=O) groups excluding carboxylic acids is 3. The van der Waals surface area contributed by atoms with Crippen LogP contribution in [0.4, 0.5) is 5.69 Å². The van der Waals surface area contributed by atoms with Gasteiger partial charge in [-0.05, 0) is 48.6 Å². The minimum absolute atomic E-state index is 0.0880. The van der Waals surface area contributed by atoms with E-state index in [-0.39, 0.29) is 24.3 Å². The molecule has 2 aromatic carbocycles. The van der Waals surface area contributed by atoms with E-state index >= 15 is 0 Å². The summed E-state index contributed by atoms with van der Waals surface area (Å²) in [6.07, 6.45) is 2.17. The zero-order chi connectivity index (χ0) is 22.4. The maximum absolute atomic E-state index is 13.3. The molecule has 0 spiro atoms. The molecule has 0 radical (unpaired) electrons. The third kappa shape index (κ3) is 6.17. The Morgan fingerprint density at radius 1 is 1.10 bits per heavy atom. The fraction of sp³-hybridized carbons (Fsp3) is 0.375. The van der Waals surface area contributed by atoms with Crippen LogP contribution in [0.5, 0.6) is 0 Å². The number of benzene rings is 2. The minimum atomic E-state index is -0.390. The van der Waals surface area contributed by atoms with Crippen molar-refractivity contribution in [3.05, 3.63) is 64.1 Å². The summed E-state index contributed by atoms with van der Waals surface area (Å²) in [5.41, 5.74) is 1.37. The molecule has 0 bridgehead atoms. The number of hydrogen-bond acceptors (Lipinski definition) is 3. The summed E-state index contributed by atoms with van der Waals surface area (Å²) < 4.78 is 0.767. The third-order valence-corrected chi connectivity index (χ3v) is 6.04. The Hall–Kier alpha value is -2.67. The van der Waals surface area contributed by atoms with Crippen LogP contribution in [0.2, 0.25) is 0 Å². The second kappa shape index (κ2) is 10.6. The Kier molecular flexibility index (Phi) is 7.85. The monoisotopic (exact) mass is 485 g/mol. The lowest BCUT2D eigenvalue weighted by Gasteiger charge is -2.36. The fourth-order valence-corrected chi connectivity index (χ4v) is 4.32. The first kappa shape index (κ1) is 23.0. The zero-order valence-electron chi connectivity index (χ0n) is 17.9. The molecule has 0 aliphatic carbocycles. The molecule has 1 fully saturated rings. The number of nitrogens with one attached hydrogen (secondary N) is 2. The van der Waals surface area contributed by atoms with E-state index in [1.54, 1.807) is 42.5 Å². The number of hydrogen-bond donors (Lipinski definition) is 2. The number of anilines is 1. The molecule has 1 heterocycles. The van der Waals surface area contributed by atoms with Gasteiger partial charge in [-0.15, -0.1) is 0 Å². The molecule has 1 saturated heterocycles. The molecule has 1 aliphatic rings. The van der Waals surface area contributed by atoms with Gasteiger partial charge in [0, 0.05) is 23.1 Å². The van der Waals surface area contributed by atoms with Gasteiger partial charge in [-0.3, -0.25) is 14.4 Å². The first-order chi connectivity index (χ1) is 14.9. The highest BCUT2D eigenvalue weighted by atomic mass is 79.9. The Morgan fingerprint density at radius 3 is 2.55 bits per heavy atom. The van der Waals surface area contributed by atoms with Gasteiger partial charge in [-0.2, -0.15) is 0 Å². The number of likely N-dealkylation sites (tertiary alicyclic amines) is 1. The summed E-state index contributed by atoms with van der Waals surface area (Å²) in [5, 5.41) is 5.39. The maximum atomic E-state index is 13.3. The number of piperidine rings is 1. The van der Waals surface area contributed by atoms with Crippen LogP contribution >= 0.6 is 15.9 Å². The number of halogens is 1. The summed E-state index contributed by atoms with van der Waals surface area (Å²) in [7, 11) is 0. The highest BCUT2D eigenvalue weighted by Gasteiger charge is 2.29. The van der Waals surface area contributed by atoms with Crippen LogP contribution in [0, 0.1) is 11.8 Å². The van der Waals surface area contributed by atoms with E-state index in [4.69, 9.17) is 0 Å². The van der Waals surface area contributed by atoms with Crippen LogP contribution in [0.15, 0.2) is 53.0 Å². The van der Waals surface area contributed by atoms with Gasteiger partial charge in [0.05, 0.1) is 17.8 Å². The number of nitrogens with zero attached hydrogens (tertiary/aromatic N) is 1. The molecular weight excluding hydrogens is 458 g/mol. The fourth-order valence-electron chi connectivity index (χ4n) is 3.96. The van der Waals surface area contributed by atoms with Gasteiger partial charge < -0.3 is 15.5 Å². The van der Waals surface area contributed by atoms with Crippen molar-refractivity contribution in [1.82, 2.24) is 10.2 Å². The summed E-state index contributed by atoms with van der Waals surface area (Å²) in [6.45, 7) is 5.58. The lowest BCUT2D eigenvalue weighted by Crippen LogP contribution is -2.43. The van der Waals surface area contributed by atoms with Crippen LogP contribution in [0.1, 0.15) is 47.4 Å². The third-order valence-electron chi connectivity index (χ3n) is 5.54. The molecule has 2 N–H and O–H groups in total. The van der Waals surface area contributed by atoms with Gasteiger partial charge in [0.25, 0.3) is 11.8 Å². The summed E-state index contributed by atoms with van der Waals surface area (Å²) in [6, 6.07) is 13.9.